The molecule has 0 saturated heterocycles. The first-order valence-corrected chi connectivity index (χ1v) is 30.3. The molecule has 20 aromatic rings. The van der Waals surface area contributed by atoms with E-state index in [-0.39, 0.29) is 0 Å². The van der Waals surface area contributed by atoms with E-state index in [0.29, 0.717) is 17.7 Å². The quantitative estimate of drug-likeness (QED) is 0.158. The van der Waals surface area contributed by atoms with Gasteiger partial charge >= 0.3 is 0 Å². The van der Waals surface area contributed by atoms with Crippen molar-refractivity contribution in [2.24, 2.45) is 0 Å². The Balaban J connectivity index is 0.790. The third kappa shape index (κ3) is 7.22. The van der Waals surface area contributed by atoms with E-state index in [0.717, 1.165) is 165 Å². The zero-order chi connectivity index (χ0) is 58.7. The molecule has 0 aliphatic carbocycles. The van der Waals surface area contributed by atoms with Crippen LogP contribution in [0.25, 0.3) is 194 Å². The van der Waals surface area contributed by atoms with Gasteiger partial charge in [-0.1, -0.05) is 164 Å². The summed E-state index contributed by atoms with van der Waals surface area (Å²) in [5.41, 5.74) is 19.7. The van der Waals surface area contributed by atoms with Crippen molar-refractivity contribution >= 4 is 131 Å². The van der Waals surface area contributed by atoms with Gasteiger partial charge in [0.2, 0.25) is 11.9 Å². The molecule has 20 rings (SSSR count). The molecule has 90 heavy (non-hydrogen) atoms. The first-order chi connectivity index (χ1) is 44.6. The van der Waals surface area contributed by atoms with Crippen molar-refractivity contribution in [2.75, 3.05) is 0 Å². The Morgan fingerprint density at radius 3 is 0.889 bits per heavy atom. The Morgan fingerprint density at radius 1 is 0.200 bits per heavy atom. The van der Waals surface area contributed by atoms with Crippen molar-refractivity contribution < 1.29 is 13.3 Å². The van der Waals surface area contributed by atoms with Crippen LogP contribution in [0.3, 0.4) is 0 Å². The molecular formula is C81H46N6O3. The van der Waals surface area contributed by atoms with Gasteiger partial charge in [-0.2, -0.15) is 15.0 Å². The lowest BCUT2D eigenvalue weighted by atomic mass is 10.0. The summed E-state index contributed by atoms with van der Waals surface area (Å²) in [7, 11) is 0. The highest BCUT2D eigenvalue weighted by molar-refractivity contribution is 6.14. The molecule has 418 valence electrons. The van der Waals surface area contributed by atoms with E-state index in [9.17, 15) is 0 Å². The molecule has 0 atom stereocenters. The van der Waals surface area contributed by atoms with Crippen molar-refractivity contribution in [1.82, 2.24) is 28.7 Å². The van der Waals surface area contributed by atoms with E-state index in [1.54, 1.807) is 0 Å². The molecule has 0 spiro atoms. The average Bonchev–Trinajstić information content (AvgIpc) is 1.77. The third-order valence-electron chi connectivity index (χ3n) is 18.5. The number of para-hydroxylation sites is 6. The van der Waals surface area contributed by atoms with E-state index in [2.05, 4.69) is 256 Å². The second-order valence-corrected chi connectivity index (χ2v) is 23.5. The summed E-state index contributed by atoms with van der Waals surface area (Å²) in [6.07, 6.45) is 0. The lowest BCUT2D eigenvalue weighted by molar-refractivity contribution is 0.668. The summed E-state index contributed by atoms with van der Waals surface area (Å²) < 4.78 is 25.6. The number of furan rings is 3. The fraction of sp³-hybridized carbons (Fsp3) is 0. The fourth-order valence-electron chi connectivity index (χ4n) is 14.3. The van der Waals surface area contributed by atoms with Crippen LogP contribution in [0.15, 0.2) is 292 Å². The fourth-order valence-corrected chi connectivity index (χ4v) is 14.3. The summed E-state index contributed by atoms with van der Waals surface area (Å²) in [6, 6.07) is 98.9. The van der Waals surface area contributed by atoms with Crippen LogP contribution in [0.1, 0.15) is 0 Å². The predicted molar refractivity (Wildman–Crippen MR) is 366 cm³/mol. The molecule has 0 N–H and O–H groups in total. The first-order valence-electron chi connectivity index (χ1n) is 30.3. The second kappa shape index (κ2) is 18.6. The molecular weight excluding hydrogens is 1100 g/mol. The highest BCUT2D eigenvalue weighted by Crippen LogP contribution is 2.42. The van der Waals surface area contributed by atoms with Crippen LogP contribution in [0.4, 0.5) is 0 Å². The number of nitrogens with zero attached hydrogens (tertiary/aromatic N) is 6. The van der Waals surface area contributed by atoms with Crippen molar-refractivity contribution in [2.45, 2.75) is 0 Å². The summed E-state index contributed by atoms with van der Waals surface area (Å²) in [6.45, 7) is 0. The Kier molecular flexibility index (Phi) is 10.1. The van der Waals surface area contributed by atoms with Crippen molar-refractivity contribution in [3.63, 3.8) is 0 Å². The largest absolute Gasteiger partial charge is 0.456 e. The molecule has 9 heteroatoms. The minimum Gasteiger partial charge on any atom is -0.456 e. The molecule has 0 bridgehead atoms. The Hall–Kier alpha value is -12.3. The number of hydrogen-bond donors (Lipinski definition) is 0. The Bertz CT molecular complexity index is 6180. The van der Waals surface area contributed by atoms with Gasteiger partial charge in [-0.25, -0.2) is 0 Å². The standard InChI is InChI=1S/C81H46N6O3/c1-7-19-67-55(13-1)58-35-27-51(48-30-38-76-64(41-48)61-16-4-10-22-73(61)88-76)44-70(58)85(67)54-33-25-47(26-34-54)79-82-80(86-68-20-8-2-14-56(68)59-36-28-52(45-71(59)86)49-31-39-77-65(42-49)62-17-5-11-23-74(62)89-77)84-81(83-79)87-69-21-9-3-15-57(69)60-37-29-53(46-72(60)87)50-32-40-78-66(43-50)63-18-6-12-24-75(63)90-78/h1-46H. The number of hydrogen-bond acceptors (Lipinski definition) is 6. The Labute approximate surface area is 511 Å². The van der Waals surface area contributed by atoms with Crippen LogP contribution >= 0.6 is 0 Å². The van der Waals surface area contributed by atoms with Crippen LogP contribution in [0.5, 0.6) is 0 Å². The lowest BCUT2D eigenvalue weighted by Crippen LogP contribution is -2.10. The number of benzene rings is 13. The van der Waals surface area contributed by atoms with Crippen LogP contribution in [-0.4, -0.2) is 28.7 Å². The van der Waals surface area contributed by atoms with Crippen molar-refractivity contribution in [3.05, 3.63) is 279 Å². The van der Waals surface area contributed by atoms with Gasteiger partial charge in [0.25, 0.3) is 0 Å². The lowest BCUT2D eigenvalue weighted by Gasteiger charge is -2.14. The van der Waals surface area contributed by atoms with Crippen LogP contribution in [0, 0.1) is 0 Å². The average molecular weight is 1150 g/mol. The Morgan fingerprint density at radius 2 is 0.489 bits per heavy atom. The van der Waals surface area contributed by atoms with Gasteiger partial charge in [-0.15, -0.1) is 0 Å². The molecule has 0 saturated carbocycles. The molecule has 13 aromatic carbocycles. The van der Waals surface area contributed by atoms with Crippen LogP contribution in [0.2, 0.25) is 0 Å². The minimum atomic E-state index is 0.495. The molecule has 0 aliphatic rings. The summed E-state index contributed by atoms with van der Waals surface area (Å²) in [5.74, 6) is 1.52. The number of aromatic nitrogens is 6. The highest BCUT2D eigenvalue weighted by Gasteiger charge is 2.23. The molecule has 0 unspecified atom stereocenters. The summed E-state index contributed by atoms with van der Waals surface area (Å²) in [5, 5.41) is 13.3. The van der Waals surface area contributed by atoms with E-state index in [4.69, 9.17) is 28.2 Å². The maximum atomic E-state index is 6.29. The predicted octanol–water partition coefficient (Wildman–Crippen LogP) is 21.5. The zero-order valence-corrected chi connectivity index (χ0v) is 48.0. The van der Waals surface area contributed by atoms with Crippen molar-refractivity contribution in [3.8, 4) is 62.4 Å². The van der Waals surface area contributed by atoms with Gasteiger partial charge in [0, 0.05) is 75.9 Å². The van der Waals surface area contributed by atoms with Gasteiger partial charge in [0.15, 0.2) is 5.82 Å². The molecule has 0 radical (unpaired) electrons. The third-order valence-corrected chi connectivity index (χ3v) is 18.5. The second-order valence-electron chi connectivity index (χ2n) is 23.5. The molecule has 0 amide bonds. The minimum absolute atomic E-state index is 0.495. The van der Waals surface area contributed by atoms with Gasteiger partial charge in [-0.3, -0.25) is 9.13 Å². The van der Waals surface area contributed by atoms with Gasteiger partial charge in [-0.05, 0) is 149 Å². The van der Waals surface area contributed by atoms with Gasteiger partial charge < -0.3 is 17.8 Å². The maximum absolute atomic E-state index is 6.29. The van der Waals surface area contributed by atoms with E-state index in [1.807, 2.05) is 36.4 Å². The van der Waals surface area contributed by atoms with E-state index >= 15 is 0 Å². The van der Waals surface area contributed by atoms with Gasteiger partial charge in [0.05, 0.1) is 33.1 Å². The number of rotatable bonds is 7. The molecule has 9 nitrogen and oxygen atoms in total. The maximum Gasteiger partial charge on any atom is 0.240 e. The molecule has 0 fully saturated rings. The van der Waals surface area contributed by atoms with E-state index in [1.165, 1.54) is 10.8 Å². The molecule has 0 aliphatic heterocycles. The van der Waals surface area contributed by atoms with E-state index < -0.39 is 0 Å². The molecule has 7 heterocycles. The summed E-state index contributed by atoms with van der Waals surface area (Å²) in [4.78, 5) is 16.8. The van der Waals surface area contributed by atoms with Crippen LogP contribution < -0.4 is 0 Å². The zero-order valence-electron chi connectivity index (χ0n) is 48.0. The smallest absolute Gasteiger partial charge is 0.240 e. The van der Waals surface area contributed by atoms with Crippen LogP contribution in [-0.2, 0) is 0 Å². The SMILES string of the molecule is c1ccc2c(c1)oc1ccc(-c3ccc4c5ccccc5n(-c5ccc(-c6nc(-n7c8ccccc8c8ccc(-c9ccc%10oc%11ccccc%11c%10c9)cc87)nc(-n7c8ccccc8c8ccc(-c9ccc%10oc%11ccccc%11c%10c9)cc87)n6)cc5)c4c3)cc12. The monoisotopic (exact) mass is 1150 g/mol. The topological polar surface area (TPSA) is 92.9 Å². The summed E-state index contributed by atoms with van der Waals surface area (Å²) >= 11 is 0. The highest BCUT2D eigenvalue weighted by atomic mass is 16.3. The normalized spacial score (nSPS) is 12.2. The first kappa shape index (κ1) is 48.9. The van der Waals surface area contributed by atoms with Gasteiger partial charge in [0.1, 0.15) is 33.5 Å². The molecule has 7 aromatic heterocycles. The van der Waals surface area contributed by atoms with Crippen molar-refractivity contribution in [1.29, 1.82) is 0 Å². The number of fused-ring (bicyclic) bond motifs is 18.